The molecule has 0 saturated heterocycles. The summed E-state index contributed by atoms with van der Waals surface area (Å²) in [5.41, 5.74) is -0.230. The van der Waals surface area contributed by atoms with Gasteiger partial charge in [0.05, 0.1) is 11.3 Å². The summed E-state index contributed by atoms with van der Waals surface area (Å²) in [4.78, 5) is 31.6. The third-order valence-corrected chi connectivity index (χ3v) is 1.98. The third-order valence-electron chi connectivity index (χ3n) is 1.98. The number of non-ortho nitro benzene ring substituents is 1. The summed E-state index contributed by atoms with van der Waals surface area (Å²) in [5.74, 6) is -2.25. The second-order valence-electron chi connectivity index (χ2n) is 3.17. The lowest BCUT2D eigenvalue weighted by Crippen LogP contribution is -2.15. The minimum atomic E-state index is -3.18. The molecular weight excluding hydrogens is 236 g/mol. The Morgan fingerprint density at radius 3 is 2.18 bits per heavy atom. The van der Waals surface area contributed by atoms with Crippen molar-refractivity contribution < 1.29 is 23.3 Å². The highest BCUT2D eigenvalue weighted by Crippen LogP contribution is 2.14. The fourth-order valence-electron chi connectivity index (χ4n) is 1.11. The zero-order valence-corrected chi connectivity index (χ0v) is 8.43. The first kappa shape index (κ1) is 12.9. The zero-order valence-electron chi connectivity index (χ0n) is 8.43. The molecule has 0 aliphatic carbocycles. The molecule has 0 bridgehead atoms. The number of halogens is 2. The molecule has 0 amide bonds. The molecule has 0 aromatic heterocycles. The van der Waals surface area contributed by atoms with Crippen LogP contribution in [0.25, 0.3) is 0 Å². The second kappa shape index (κ2) is 5.24. The Hall–Kier alpha value is -2.18. The zero-order chi connectivity index (χ0) is 13.0. The number of Topliss-reactive ketones (excluding diaryl/α,β-unsaturated/α-hetero) is 2. The van der Waals surface area contributed by atoms with Crippen LogP contribution in [0, 0.1) is 10.1 Å². The molecule has 1 aromatic carbocycles. The average Bonchev–Trinajstić information content (AvgIpc) is 2.28. The van der Waals surface area contributed by atoms with Crippen LogP contribution in [-0.4, -0.2) is 22.9 Å². The predicted octanol–water partition coefficient (Wildman–Crippen LogP) is 2.00. The predicted molar refractivity (Wildman–Crippen MR) is 53.1 cm³/mol. The van der Waals surface area contributed by atoms with Crippen molar-refractivity contribution in [1.82, 2.24) is 0 Å². The summed E-state index contributed by atoms with van der Waals surface area (Å²) in [5, 5.41) is 10.3. The summed E-state index contributed by atoms with van der Waals surface area (Å²) in [6.45, 7) is 0. The molecule has 0 heterocycles. The van der Waals surface area contributed by atoms with Crippen LogP contribution < -0.4 is 0 Å². The number of carbonyl (C=O) groups excluding carboxylic acids is 2. The van der Waals surface area contributed by atoms with Crippen molar-refractivity contribution in [3.05, 3.63) is 39.9 Å². The Labute approximate surface area is 94.2 Å². The number of nitro benzene ring substituents is 1. The molecular formula is C10H7F2NO4. The number of alkyl halides is 2. The number of rotatable bonds is 5. The van der Waals surface area contributed by atoms with Crippen molar-refractivity contribution in [2.45, 2.75) is 12.8 Å². The van der Waals surface area contributed by atoms with Gasteiger partial charge in [0.1, 0.15) is 0 Å². The molecule has 0 atom stereocenters. The smallest absolute Gasteiger partial charge is 0.294 e. The lowest BCUT2D eigenvalue weighted by Gasteiger charge is -1.99. The Morgan fingerprint density at radius 2 is 1.76 bits per heavy atom. The number of nitrogens with zero attached hydrogens (tertiary/aromatic N) is 1. The van der Waals surface area contributed by atoms with E-state index in [2.05, 4.69) is 0 Å². The van der Waals surface area contributed by atoms with Crippen LogP contribution in [-0.2, 0) is 4.79 Å². The fourth-order valence-corrected chi connectivity index (χ4v) is 1.11. The van der Waals surface area contributed by atoms with E-state index in [1.54, 1.807) is 0 Å². The molecule has 0 aliphatic rings. The molecule has 7 heteroatoms. The summed E-state index contributed by atoms with van der Waals surface area (Å²) in [7, 11) is 0. The minimum Gasteiger partial charge on any atom is -0.294 e. The molecule has 0 spiro atoms. The van der Waals surface area contributed by atoms with Gasteiger partial charge in [-0.05, 0) is 12.1 Å². The molecule has 90 valence electrons. The van der Waals surface area contributed by atoms with Crippen LogP contribution in [0.3, 0.4) is 0 Å². The molecule has 0 saturated carbocycles. The molecule has 0 unspecified atom stereocenters. The van der Waals surface area contributed by atoms with Crippen molar-refractivity contribution in [2.24, 2.45) is 0 Å². The number of carbonyl (C=O) groups is 2. The van der Waals surface area contributed by atoms with E-state index in [9.17, 15) is 28.5 Å². The molecule has 0 radical (unpaired) electrons. The largest absolute Gasteiger partial charge is 0.296 e. The highest BCUT2D eigenvalue weighted by molar-refractivity contribution is 6.08. The standard InChI is InChI=1S/C10H7F2NO4/c11-10(12)9(15)5-8(14)6-1-3-7(4-2-6)13(16)17/h1-4,10H,5H2. The highest BCUT2D eigenvalue weighted by Gasteiger charge is 2.20. The first-order chi connectivity index (χ1) is 7.91. The van der Waals surface area contributed by atoms with E-state index in [1.807, 2.05) is 0 Å². The van der Waals surface area contributed by atoms with Gasteiger partial charge >= 0.3 is 0 Å². The number of benzene rings is 1. The van der Waals surface area contributed by atoms with E-state index in [-0.39, 0.29) is 11.3 Å². The lowest BCUT2D eigenvalue weighted by molar-refractivity contribution is -0.384. The molecule has 5 nitrogen and oxygen atoms in total. The van der Waals surface area contributed by atoms with Gasteiger partial charge in [-0.1, -0.05) is 0 Å². The van der Waals surface area contributed by atoms with Crippen LogP contribution in [0.2, 0.25) is 0 Å². The monoisotopic (exact) mass is 243 g/mol. The van der Waals surface area contributed by atoms with Crippen LogP contribution in [0.5, 0.6) is 0 Å². The van der Waals surface area contributed by atoms with Gasteiger partial charge < -0.3 is 0 Å². The van der Waals surface area contributed by atoms with Crippen LogP contribution in [0.4, 0.5) is 14.5 Å². The molecule has 0 N–H and O–H groups in total. The van der Waals surface area contributed by atoms with Gasteiger partial charge in [-0.25, -0.2) is 8.78 Å². The number of hydrogen-bond acceptors (Lipinski definition) is 4. The minimum absolute atomic E-state index is 0.00963. The van der Waals surface area contributed by atoms with Crippen LogP contribution in [0.1, 0.15) is 16.8 Å². The normalized spacial score (nSPS) is 10.3. The summed E-state index contributed by atoms with van der Waals surface area (Å²) in [6.07, 6.45) is -4.09. The SMILES string of the molecule is O=C(CC(=O)C(F)F)c1ccc([N+](=O)[O-])cc1. The number of nitro groups is 1. The molecule has 1 rings (SSSR count). The Bertz CT molecular complexity index is 456. The van der Waals surface area contributed by atoms with Crippen molar-refractivity contribution in [3.63, 3.8) is 0 Å². The maximum atomic E-state index is 11.9. The summed E-state index contributed by atoms with van der Waals surface area (Å²) in [6, 6.07) is 4.39. The van der Waals surface area contributed by atoms with Crippen LogP contribution >= 0.6 is 0 Å². The van der Waals surface area contributed by atoms with Gasteiger partial charge in [0.2, 0.25) is 5.78 Å². The molecule has 0 aliphatic heterocycles. The summed E-state index contributed by atoms with van der Waals surface area (Å²) >= 11 is 0. The Morgan fingerprint density at radius 1 is 1.24 bits per heavy atom. The first-order valence-electron chi connectivity index (χ1n) is 4.50. The summed E-state index contributed by atoms with van der Waals surface area (Å²) < 4.78 is 23.8. The third kappa shape index (κ3) is 3.40. The van der Waals surface area contributed by atoms with E-state index < -0.39 is 29.3 Å². The number of hydrogen-bond donors (Lipinski definition) is 0. The fraction of sp³-hybridized carbons (Fsp3) is 0.200. The topological polar surface area (TPSA) is 77.3 Å². The molecule has 17 heavy (non-hydrogen) atoms. The average molecular weight is 243 g/mol. The van der Waals surface area contributed by atoms with E-state index >= 15 is 0 Å². The maximum Gasteiger partial charge on any atom is 0.296 e. The second-order valence-corrected chi connectivity index (χ2v) is 3.17. The highest BCUT2D eigenvalue weighted by atomic mass is 19.3. The van der Waals surface area contributed by atoms with Gasteiger partial charge in [-0.15, -0.1) is 0 Å². The van der Waals surface area contributed by atoms with Crippen LogP contribution in [0.15, 0.2) is 24.3 Å². The molecule has 0 fully saturated rings. The van der Waals surface area contributed by atoms with Gasteiger partial charge in [0.15, 0.2) is 5.78 Å². The quantitative estimate of drug-likeness (QED) is 0.343. The first-order valence-corrected chi connectivity index (χ1v) is 4.50. The van der Waals surface area contributed by atoms with Gasteiger partial charge in [0.25, 0.3) is 12.1 Å². The van der Waals surface area contributed by atoms with E-state index in [1.165, 1.54) is 0 Å². The van der Waals surface area contributed by atoms with E-state index in [4.69, 9.17) is 0 Å². The van der Waals surface area contributed by atoms with Crippen molar-refractivity contribution in [1.29, 1.82) is 0 Å². The van der Waals surface area contributed by atoms with Gasteiger partial charge in [-0.3, -0.25) is 19.7 Å². The van der Waals surface area contributed by atoms with Gasteiger partial charge in [0, 0.05) is 17.7 Å². The van der Waals surface area contributed by atoms with E-state index in [0.717, 1.165) is 24.3 Å². The number of ketones is 2. The Kier molecular flexibility index (Phi) is 3.97. The Balaban J connectivity index is 2.77. The lowest BCUT2D eigenvalue weighted by atomic mass is 10.1. The van der Waals surface area contributed by atoms with E-state index in [0.29, 0.717) is 0 Å². The maximum absolute atomic E-state index is 11.9. The van der Waals surface area contributed by atoms with Crippen molar-refractivity contribution >= 4 is 17.3 Å². The molecule has 1 aromatic rings. The van der Waals surface area contributed by atoms with Crippen molar-refractivity contribution in [2.75, 3.05) is 0 Å². The van der Waals surface area contributed by atoms with Crippen molar-refractivity contribution in [3.8, 4) is 0 Å². The van der Waals surface area contributed by atoms with Gasteiger partial charge in [-0.2, -0.15) is 0 Å².